The molecule has 3 aromatic rings. The van der Waals surface area contributed by atoms with Gasteiger partial charge < -0.3 is 0 Å². The van der Waals surface area contributed by atoms with Gasteiger partial charge in [-0.05, 0) is 17.4 Å². The van der Waals surface area contributed by atoms with Crippen LogP contribution in [-0.2, 0) is 0 Å². The molecule has 0 saturated heterocycles. The summed E-state index contributed by atoms with van der Waals surface area (Å²) in [7, 11) is 0. The molecule has 0 fully saturated rings. The molecule has 0 spiro atoms. The summed E-state index contributed by atoms with van der Waals surface area (Å²) in [5, 5.41) is 8.98. The van der Waals surface area contributed by atoms with E-state index in [2.05, 4.69) is 29.3 Å². The fraction of sp³-hybridized carbons (Fsp3) is 0.231. The van der Waals surface area contributed by atoms with Crippen LogP contribution in [0.5, 0.6) is 0 Å². The lowest BCUT2D eigenvalue weighted by Crippen LogP contribution is -1.96. The molecule has 0 aliphatic rings. The minimum Gasteiger partial charge on any atom is -0.228 e. The summed E-state index contributed by atoms with van der Waals surface area (Å²) in [6.45, 7) is 4.26. The van der Waals surface area contributed by atoms with Crippen LogP contribution in [0.2, 0.25) is 5.15 Å². The van der Waals surface area contributed by atoms with Gasteiger partial charge in [-0.3, -0.25) is 0 Å². The second-order valence-corrected chi connectivity index (χ2v) is 5.63. The van der Waals surface area contributed by atoms with Crippen molar-refractivity contribution in [1.29, 1.82) is 0 Å². The Balaban J connectivity index is 2.27. The van der Waals surface area contributed by atoms with E-state index >= 15 is 0 Å². The zero-order chi connectivity index (χ0) is 12.7. The normalized spacial score (nSPS) is 11.6. The molecular formula is C13H12ClN3S. The minimum absolute atomic E-state index is 0.379. The topological polar surface area (TPSA) is 30.2 Å². The van der Waals surface area contributed by atoms with Crippen LogP contribution in [0.3, 0.4) is 0 Å². The molecule has 0 aliphatic carbocycles. The summed E-state index contributed by atoms with van der Waals surface area (Å²) in [4.78, 5) is 4.68. The van der Waals surface area contributed by atoms with E-state index in [-0.39, 0.29) is 0 Å². The van der Waals surface area contributed by atoms with E-state index in [0.29, 0.717) is 11.1 Å². The van der Waals surface area contributed by atoms with Gasteiger partial charge in [0.25, 0.3) is 0 Å². The zero-order valence-corrected chi connectivity index (χ0v) is 11.7. The van der Waals surface area contributed by atoms with Gasteiger partial charge in [-0.2, -0.15) is 16.4 Å². The van der Waals surface area contributed by atoms with Crippen molar-refractivity contribution >= 4 is 28.6 Å². The molecule has 5 heteroatoms. The molecule has 0 aliphatic heterocycles. The number of rotatable bonds is 2. The predicted octanol–water partition coefficient (Wildman–Crippen LogP) is 4.23. The minimum atomic E-state index is 0.379. The fourth-order valence-electron chi connectivity index (χ4n) is 1.91. The Morgan fingerprint density at radius 3 is 2.89 bits per heavy atom. The highest BCUT2D eigenvalue weighted by Crippen LogP contribution is 2.27. The third-order valence-electron chi connectivity index (χ3n) is 2.89. The molecule has 0 atom stereocenters. The summed E-state index contributed by atoms with van der Waals surface area (Å²) in [5.74, 6) is 0.379. The zero-order valence-electron chi connectivity index (χ0n) is 10.1. The average Bonchev–Trinajstić information content (AvgIpc) is 2.97. The maximum Gasteiger partial charge on any atom is 0.160 e. The lowest BCUT2D eigenvalue weighted by atomic mass is 10.1. The van der Waals surface area contributed by atoms with E-state index in [1.165, 1.54) is 0 Å². The summed E-state index contributed by atoms with van der Waals surface area (Å²) < 4.78 is 1.69. The highest BCUT2D eigenvalue weighted by Gasteiger charge is 2.13. The van der Waals surface area contributed by atoms with Crippen molar-refractivity contribution in [1.82, 2.24) is 14.6 Å². The number of hydrogen-bond donors (Lipinski definition) is 0. The first-order chi connectivity index (χ1) is 8.66. The maximum atomic E-state index is 6.26. The number of aromatic nitrogens is 3. The van der Waals surface area contributed by atoms with Crippen molar-refractivity contribution in [3.05, 3.63) is 39.8 Å². The summed E-state index contributed by atoms with van der Waals surface area (Å²) in [6.07, 6.45) is 1.84. The van der Waals surface area contributed by atoms with Crippen LogP contribution >= 0.6 is 22.9 Å². The molecule has 0 bridgehead atoms. The van der Waals surface area contributed by atoms with Crippen LogP contribution in [0.25, 0.3) is 16.9 Å². The van der Waals surface area contributed by atoms with Crippen LogP contribution in [0.15, 0.2) is 29.1 Å². The van der Waals surface area contributed by atoms with Crippen LogP contribution in [0, 0.1) is 0 Å². The second kappa shape index (κ2) is 4.37. The molecule has 0 saturated carbocycles. The third-order valence-corrected chi connectivity index (χ3v) is 3.85. The molecule has 92 valence electrons. The molecule has 0 amide bonds. The smallest absolute Gasteiger partial charge is 0.160 e. The number of halogens is 1. The summed E-state index contributed by atoms with van der Waals surface area (Å²) in [5.41, 5.74) is 3.96. The Labute approximate surface area is 114 Å². The average molecular weight is 278 g/mol. The van der Waals surface area contributed by atoms with Gasteiger partial charge in [0.1, 0.15) is 5.15 Å². The van der Waals surface area contributed by atoms with Crippen molar-refractivity contribution in [2.45, 2.75) is 19.8 Å². The molecular weight excluding hydrogens is 266 g/mol. The molecule has 0 aromatic carbocycles. The Morgan fingerprint density at radius 2 is 2.22 bits per heavy atom. The molecule has 18 heavy (non-hydrogen) atoms. The summed E-state index contributed by atoms with van der Waals surface area (Å²) >= 11 is 7.91. The predicted molar refractivity (Wildman–Crippen MR) is 75.4 cm³/mol. The molecule has 0 unspecified atom stereocenters. The van der Waals surface area contributed by atoms with Crippen LogP contribution in [-0.4, -0.2) is 14.6 Å². The van der Waals surface area contributed by atoms with Gasteiger partial charge in [0, 0.05) is 22.6 Å². The molecule has 3 aromatic heterocycles. The van der Waals surface area contributed by atoms with Gasteiger partial charge in [-0.15, -0.1) is 0 Å². The van der Waals surface area contributed by atoms with Crippen LogP contribution in [0.1, 0.15) is 25.3 Å². The van der Waals surface area contributed by atoms with Gasteiger partial charge >= 0.3 is 0 Å². The van der Waals surface area contributed by atoms with Crippen molar-refractivity contribution < 1.29 is 0 Å². The van der Waals surface area contributed by atoms with Crippen molar-refractivity contribution in [2.24, 2.45) is 0 Å². The molecule has 0 N–H and O–H groups in total. The highest BCUT2D eigenvalue weighted by molar-refractivity contribution is 7.08. The van der Waals surface area contributed by atoms with Gasteiger partial charge in [-0.1, -0.05) is 25.4 Å². The fourth-order valence-corrected chi connectivity index (χ4v) is 2.79. The Kier molecular flexibility index (Phi) is 2.84. The van der Waals surface area contributed by atoms with E-state index in [9.17, 15) is 0 Å². The lowest BCUT2D eigenvalue weighted by molar-refractivity contribution is 0.872. The lowest BCUT2D eigenvalue weighted by Gasteiger charge is -2.05. The van der Waals surface area contributed by atoms with Gasteiger partial charge in [0.05, 0.1) is 11.9 Å². The van der Waals surface area contributed by atoms with E-state index < -0.39 is 0 Å². The van der Waals surface area contributed by atoms with Crippen LogP contribution in [0.4, 0.5) is 0 Å². The molecule has 3 rings (SSSR count). The largest absolute Gasteiger partial charge is 0.228 e. The molecule has 3 nitrogen and oxygen atoms in total. The second-order valence-electron chi connectivity index (χ2n) is 4.47. The molecule has 3 heterocycles. The van der Waals surface area contributed by atoms with Gasteiger partial charge in [0.2, 0.25) is 0 Å². The van der Waals surface area contributed by atoms with Crippen molar-refractivity contribution in [3.63, 3.8) is 0 Å². The monoisotopic (exact) mass is 277 g/mol. The number of nitrogens with zero attached hydrogens (tertiary/aromatic N) is 3. The van der Waals surface area contributed by atoms with E-state index in [4.69, 9.17) is 11.6 Å². The van der Waals surface area contributed by atoms with Crippen molar-refractivity contribution in [2.75, 3.05) is 0 Å². The Morgan fingerprint density at radius 1 is 1.39 bits per heavy atom. The molecule has 0 radical (unpaired) electrons. The van der Waals surface area contributed by atoms with Gasteiger partial charge in [-0.25, -0.2) is 9.50 Å². The van der Waals surface area contributed by atoms with Gasteiger partial charge in [0.15, 0.2) is 5.65 Å². The number of hydrogen-bond acceptors (Lipinski definition) is 3. The van der Waals surface area contributed by atoms with Crippen molar-refractivity contribution in [3.8, 4) is 11.3 Å². The van der Waals surface area contributed by atoms with E-state index in [1.807, 2.05) is 23.7 Å². The van der Waals surface area contributed by atoms with E-state index in [1.54, 1.807) is 15.9 Å². The first-order valence-electron chi connectivity index (χ1n) is 5.73. The standard InChI is InChI=1S/C13H12ClN3S/c1-8(2)10-6-15-17-12(14)5-11(16-13(10)17)9-3-4-18-7-9/h3-8H,1-2H3. The SMILES string of the molecule is CC(C)c1cnn2c(Cl)cc(-c3ccsc3)nc12. The number of fused-ring (bicyclic) bond motifs is 1. The quantitative estimate of drug-likeness (QED) is 0.656. The van der Waals surface area contributed by atoms with E-state index in [0.717, 1.165) is 22.5 Å². The summed E-state index contributed by atoms with van der Waals surface area (Å²) in [6, 6.07) is 3.90. The third kappa shape index (κ3) is 1.82. The highest BCUT2D eigenvalue weighted by atomic mass is 35.5. The van der Waals surface area contributed by atoms with Crippen LogP contribution < -0.4 is 0 Å². The first kappa shape index (κ1) is 11.7. The first-order valence-corrected chi connectivity index (χ1v) is 7.05. The Hall–Kier alpha value is -1.39. The maximum absolute atomic E-state index is 6.26. The number of thiophene rings is 1. The Bertz CT molecular complexity index is 686.